The van der Waals surface area contributed by atoms with Crippen LogP contribution in [0, 0.1) is 0 Å². The van der Waals surface area contributed by atoms with Crippen molar-refractivity contribution in [3.63, 3.8) is 0 Å². The van der Waals surface area contributed by atoms with Crippen LogP contribution in [0.3, 0.4) is 0 Å². The van der Waals surface area contributed by atoms with Crippen molar-refractivity contribution >= 4 is 0 Å². The number of nitrogens with zero attached hydrogens (tertiary/aromatic N) is 2. The predicted octanol–water partition coefficient (Wildman–Crippen LogP) is 2.11. The highest BCUT2D eigenvalue weighted by molar-refractivity contribution is 4.97. The molecule has 1 fully saturated rings. The average Bonchev–Trinajstić information content (AvgIpc) is 2.81. The molecule has 5 nitrogen and oxygen atoms in total. The highest BCUT2D eigenvalue weighted by Gasteiger charge is 2.38. The van der Waals surface area contributed by atoms with E-state index in [1.165, 1.54) is 12.8 Å². The fourth-order valence-electron chi connectivity index (χ4n) is 2.43. The fraction of sp³-hybridized carbons (Fsp3) is 0.857. The van der Waals surface area contributed by atoms with E-state index in [4.69, 9.17) is 9.15 Å². The van der Waals surface area contributed by atoms with E-state index in [1.54, 1.807) is 7.11 Å². The Hall–Kier alpha value is -0.940. The van der Waals surface area contributed by atoms with E-state index >= 15 is 0 Å². The molecule has 0 saturated heterocycles. The van der Waals surface area contributed by atoms with Gasteiger partial charge in [-0.3, -0.25) is 0 Å². The van der Waals surface area contributed by atoms with E-state index in [2.05, 4.69) is 22.4 Å². The molecule has 2 rings (SSSR count). The van der Waals surface area contributed by atoms with E-state index in [9.17, 15) is 0 Å². The van der Waals surface area contributed by atoms with Crippen LogP contribution in [0.25, 0.3) is 0 Å². The summed E-state index contributed by atoms with van der Waals surface area (Å²) in [6, 6.07) is 0. The van der Waals surface area contributed by atoms with Gasteiger partial charge in [0.15, 0.2) is 0 Å². The number of methoxy groups -OCH3 is 1. The molecule has 1 saturated carbocycles. The molecule has 0 amide bonds. The second-order valence-corrected chi connectivity index (χ2v) is 5.36. The Labute approximate surface area is 115 Å². The Kier molecular flexibility index (Phi) is 5.34. The molecular formula is C14H25N3O2. The van der Waals surface area contributed by atoms with Crippen molar-refractivity contribution in [1.82, 2.24) is 15.5 Å². The molecule has 0 radical (unpaired) electrons. The summed E-state index contributed by atoms with van der Waals surface area (Å²) in [7, 11) is 1.77. The summed E-state index contributed by atoms with van der Waals surface area (Å²) in [6.45, 7) is 4.25. The summed E-state index contributed by atoms with van der Waals surface area (Å²) in [5.74, 6) is 1.47. The van der Waals surface area contributed by atoms with Crippen LogP contribution >= 0.6 is 0 Å². The Balaban J connectivity index is 1.72. The fourth-order valence-corrected chi connectivity index (χ4v) is 2.43. The smallest absolute Gasteiger partial charge is 0.219 e. The maximum Gasteiger partial charge on any atom is 0.219 e. The lowest BCUT2D eigenvalue weighted by molar-refractivity contribution is -0.0746. The van der Waals surface area contributed by atoms with Crippen LogP contribution in [-0.2, 0) is 17.6 Å². The monoisotopic (exact) mass is 267 g/mol. The normalized spacial score (nSPS) is 17.4. The van der Waals surface area contributed by atoms with Gasteiger partial charge in [-0.25, -0.2) is 0 Å². The summed E-state index contributed by atoms with van der Waals surface area (Å²) in [4.78, 5) is 0. The SMILES string of the molecule is CCCNCCCc1nnc(CC2(OC)CCC2)o1. The van der Waals surface area contributed by atoms with Crippen LogP contribution in [0.1, 0.15) is 50.8 Å². The van der Waals surface area contributed by atoms with Crippen LogP contribution in [0.15, 0.2) is 4.42 Å². The van der Waals surface area contributed by atoms with Gasteiger partial charge in [0.25, 0.3) is 0 Å². The van der Waals surface area contributed by atoms with Crippen molar-refractivity contribution in [1.29, 1.82) is 0 Å². The minimum atomic E-state index is -0.0352. The summed E-state index contributed by atoms with van der Waals surface area (Å²) in [6.07, 6.45) is 7.25. The molecule has 1 aliphatic rings. The van der Waals surface area contributed by atoms with Gasteiger partial charge in [0.2, 0.25) is 11.8 Å². The van der Waals surface area contributed by atoms with Crippen LogP contribution < -0.4 is 5.32 Å². The molecule has 1 aliphatic carbocycles. The van der Waals surface area contributed by atoms with Crippen LogP contribution in [0.4, 0.5) is 0 Å². The third kappa shape index (κ3) is 4.01. The van der Waals surface area contributed by atoms with Gasteiger partial charge in [-0.05, 0) is 45.2 Å². The Morgan fingerprint density at radius 2 is 2.05 bits per heavy atom. The first-order valence-electron chi connectivity index (χ1n) is 7.35. The van der Waals surface area contributed by atoms with Crippen molar-refractivity contribution in [2.45, 2.75) is 57.5 Å². The van der Waals surface area contributed by atoms with Crippen LogP contribution in [-0.4, -0.2) is 36.0 Å². The molecule has 0 unspecified atom stereocenters. The van der Waals surface area contributed by atoms with Crippen molar-refractivity contribution in [3.8, 4) is 0 Å². The summed E-state index contributed by atoms with van der Waals surface area (Å²) < 4.78 is 11.3. The van der Waals surface area contributed by atoms with E-state index in [0.717, 1.165) is 57.0 Å². The minimum Gasteiger partial charge on any atom is -0.425 e. The van der Waals surface area contributed by atoms with Gasteiger partial charge in [-0.15, -0.1) is 10.2 Å². The number of hydrogen-bond acceptors (Lipinski definition) is 5. The van der Waals surface area contributed by atoms with Crippen molar-refractivity contribution in [3.05, 3.63) is 11.8 Å². The first-order chi connectivity index (χ1) is 9.28. The van der Waals surface area contributed by atoms with E-state index < -0.39 is 0 Å². The Morgan fingerprint density at radius 3 is 2.68 bits per heavy atom. The molecule has 0 aliphatic heterocycles. The van der Waals surface area contributed by atoms with Gasteiger partial charge in [0.05, 0.1) is 12.0 Å². The number of rotatable bonds is 9. The lowest BCUT2D eigenvalue weighted by atomic mass is 9.77. The lowest BCUT2D eigenvalue weighted by Gasteiger charge is -2.39. The van der Waals surface area contributed by atoms with Gasteiger partial charge < -0.3 is 14.5 Å². The van der Waals surface area contributed by atoms with Crippen LogP contribution in [0.5, 0.6) is 0 Å². The second-order valence-electron chi connectivity index (χ2n) is 5.36. The van der Waals surface area contributed by atoms with E-state index in [-0.39, 0.29) is 5.60 Å². The number of ether oxygens (including phenoxy) is 1. The van der Waals surface area contributed by atoms with Gasteiger partial charge in [-0.1, -0.05) is 6.92 Å². The molecule has 1 heterocycles. The minimum absolute atomic E-state index is 0.0352. The molecule has 19 heavy (non-hydrogen) atoms. The van der Waals surface area contributed by atoms with E-state index in [0.29, 0.717) is 0 Å². The van der Waals surface area contributed by atoms with Crippen molar-refractivity contribution < 1.29 is 9.15 Å². The zero-order valence-electron chi connectivity index (χ0n) is 12.1. The number of nitrogens with one attached hydrogen (secondary N) is 1. The number of aromatic nitrogens is 2. The number of hydrogen-bond donors (Lipinski definition) is 1. The van der Waals surface area contributed by atoms with Crippen molar-refractivity contribution in [2.75, 3.05) is 20.2 Å². The summed E-state index contributed by atoms with van der Waals surface area (Å²) >= 11 is 0. The van der Waals surface area contributed by atoms with Crippen molar-refractivity contribution in [2.24, 2.45) is 0 Å². The Morgan fingerprint density at radius 1 is 1.26 bits per heavy atom. The molecule has 0 spiro atoms. The molecule has 108 valence electrons. The van der Waals surface area contributed by atoms with Crippen LogP contribution in [0.2, 0.25) is 0 Å². The lowest BCUT2D eigenvalue weighted by Crippen LogP contribution is -2.41. The van der Waals surface area contributed by atoms with Gasteiger partial charge in [0, 0.05) is 13.5 Å². The Bertz CT molecular complexity index is 369. The molecule has 0 atom stereocenters. The van der Waals surface area contributed by atoms with E-state index in [1.807, 2.05) is 0 Å². The highest BCUT2D eigenvalue weighted by atomic mass is 16.5. The first kappa shape index (κ1) is 14.5. The second kappa shape index (κ2) is 7.01. The quantitative estimate of drug-likeness (QED) is 0.694. The maximum absolute atomic E-state index is 5.69. The molecule has 5 heteroatoms. The van der Waals surface area contributed by atoms with Gasteiger partial charge >= 0.3 is 0 Å². The molecule has 0 bridgehead atoms. The molecule has 1 N–H and O–H groups in total. The zero-order chi connectivity index (χ0) is 13.6. The number of aryl methyl sites for hydroxylation is 1. The average molecular weight is 267 g/mol. The molecule has 1 aromatic heterocycles. The van der Waals surface area contributed by atoms with Gasteiger partial charge in [0.1, 0.15) is 0 Å². The molecule has 1 aromatic rings. The summed E-state index contributed by atoms with van der Waals surface area (Å²) in [5.41, 5.74) is -0.0352. The maximum atomic E-state index is 5.69. The third-order valence-corrected chi connectivity index (χ3v) is 3.85. The predicted molar refractivity (Wildman–Crippen MR) is 73.1 cm³/mol. The largest absolute Gasteiger partial charge is 0.425 e. The zero-order valence-corrected chi connectivity index (χ0v) is 12.1. The summed E-state index contributed by atoms with van der Waals surface area (Å²) in [5, 5.41) is 11.6. The molecule has 0 aromatic carbocycles. The topological polar surface area (TPSA) is 60.2 Å². The third-order valence-electron chi connectivity index (χ3n) is 3.85. The van der Waals surface area contributed by atoms with Gasteiger partial charge in [-0.2, -0.15) is 0 Å². The highest BCUT2D eigenvalue weighted by Crippen LogP contribution is 2.37. The first-order valence-corrected chi connectivity index (χ1v) is 7.35. The molecular weight excluding hydrogens is 242 g/mol. The standard InChI is InChI=1S/C14H25N3O2/c1-3-9-15-10-4-6-12-16-17-13(19-12)11-14(18-2)7-5-8-14/h15H,3-11H2,1-2H3.